The summed E-state index contributed by atoms with van der Waals surface area (Å²) >= 11 is 7.38. The first-order chi connectivity index (χ1) is 8.29. The summed E-state index contributed by atoms with van der Waals surface area (Å²) in [5.74, 6) is 0.672. The Kier molecular flexibility index (Phi) is 4.29. The topological polar surface area (TPSA) is 82.5 Å². The van der Waals surface area contributed by atoms with Gasteiger partial charge in [0.25, 0.3) is 0 Å². The third-order valence-electron chi connectivity index (χ3n) is 1.97. The first-order valence-corrected chi connectivity index (χ1v) is 6.35. The van der Waals surface area contributed by atoms with E-state index >= 15 is 0 Å². The molecule has 8 heteroatoms. The number of rotatable bonds is 5. The molecule has 0 bridgehead atoms. The molecule has 17 heavy (non-hydrogen) atoms. The van der Waals surface area contributed by atoms with E-state index in [1.54, 1.807) is 16.9 Å². The normalized spacial score (nSPS) is 10.7. The molecule has 0 fully saturated rings. The highest BCUT2D eigenvalue weighted by Crippen LogP contribution is 2.20. The van der Waals surface area contributed by atoms with E-state index in [4.69, 9.17) is 17.3 Å². The van der Waals surface area contributed by atoms with E-state index < -0.39 is 0 Å². The number of hydrogen-bond acceptors (Lipinski definition) is 6. The zero-order valence-electron chi connectivity index (χ0n) is 8.95. The molecule has 0 radical (unpaired) electrons. The fourth-order valence-electron chi connectivity index (χ4n) is 1.23. The summed E-state index contributed by atoms with van der Waals surface area (Å²) < 4.78 is 1.68. The number of tetrazole rings is 1. The quantitative estimate of drug-likeness (QED) is 0.816. The number of halogens is 1. The lowest BCUT2D eigenvalue weighted by Gasteiger charge is -2.02. The Morgan fingerprint density at radius 2 is 2.35 bits per heavy atom. The number of thioether (sulfide) groups is 1. The molecule has 0 aromatic carbocycles. The second kappa shape index (κ2) is 5.95. The van der Waals surface area contributed by atoms with Crippen LogP contribution in [-0.2, 0) is 12.3 Å². The molecule has 2 rings (SSSR count). The van der Waals surface area contributed by atoms with Gasteiger partial charge < -0.3 is 5.73 Å². The first-order valence-electron chi connectivity index (χ1n) is 4.99. The summed E-state index contributed by atoms with van der Waals surface area (Å²) in [7, 11) is 0. The summed E-state index contributed by atoms with van der Waals surface area (Å²) in [5, 5.41) is 12.8. The number of aromatic nitrogens is 5. The molecule has 0 unspecified atom stereocenters. The molecule has 2 aromatic heterocycles. The van der Waals surface area contributed by atoms with Crippen LogP contribution < -0.4 is 5.73 Å². The van der Waals surface area contributed by atoms with Crippen LogP contribution in [0.25, 0.3) is 0 Å². The van der Waals surface area contributed by atoms with E-state index in [-0.39, 0.29) is 0 Å². The van der Waals surface area contributed by atoms with E-state index in [1.807, 2.05) is 6.07 Å². The Hall–Kier alpha value is -1.18. The monoisotopic (exact) mass is 270 g/mol. The number of pyridine rings is 1. The van der Waals surface area contributed by atoms with Crippen LogP contribution in [0.4, 0.5) is 0 Å². The van der Waals surface area contributed by atoms with Crippen LogP contribution in [-0.4, -0.2) is 31.7 Å². The van der Waals surface area contributed by atoms with Gasteiger partial charge in [-0.3, -0.25) is 4.98 Å². The van der Waals surface area contributed by atoms with Crippen molar-refractivity contribution < 1.29 is 0 Å². The maximum Gasteiger partial charge on any atom is 0.209 e. The van der Waals surface area contributed by atoms with Gasteiger partial charge in [-0.25, -0.2) is 4.68 Å². The SMILES string of the molecule is NCCn1nnnc1SCc1cc(Cl)ccn1. The van der Waals surface area contributed by atoms with Gasteiger partial charge in [0.05, 0.1) is 12.2 Å². The molecule has 0 aliphatic carbocycles. The van der Waals surface area contributed by atoms with Crippen molar-refractivity contribution in [2.75, 3.05) is 6.54 Å². The molecular weight excluding hydrogens is 260 g/mol. The molecule has 0 aliphatic rings. The van der Waals surface area contributed by atoms with Gasteiger partial charge in [-0.15, -0.1) is 5.10 Å². The van der Waals surface area contributed by atoms with E-state index in [9.17, 15) is 0 Å². The van der Waals surface area contributed by atoms with Gasteiger partial charge in [-0.2, -0.15) is 0 Å². The summed E-state index contributed by atoms with van der Waals surface area (Å²) in [6.45, 7) is 1.12. The molecule has 0 saturated carbocycles. The van der Waals surface area contributed by atoms with Gasteiger partial charge in [0, 0.05) is 23.5 Å². The van der Waals surface area contributed by atoms with Crippen LogP contribution in [0, 0.1) is 0 Å². The van der Waals surface area contributed by atoms with Crippen LogP contribution in [0.15, 0.2) is 23.5 Å². The highest BCUT2D eigenvalue weighted by molar-refractivity contribution is 7.98. The average Bonchev–Trinajstić information content (AvgIpc) is 2.75. The van der Waals surface area contributed by atoms with Gasteiger partial charge in [-0.1, -0.05) is 23.4 Å². The second-order valence-electron chi connectivity index (χ2n) is 3.23. The Labute approximate surface area is 108 Å². The molecule has 0 saturated heterocycles. The molecule has 0 aliphatic heterocycles. The Morgan fingerprint density at radius 3 is 3.12 bits per heavy atom. The molecular formula is C9H11ClN6S. The van der Waals surface area contributed by atoms with Crippen molar-refractivity contribution in [1.82, 2.24) is 25.2 Å². The molecule has 6 nitrogen and oxygen atoms in total. The number of hydrogen-bond donors (Lipinski definition) is 1. The highest BCUT2D eigenvalue weighted by Gasteiger charge is 2.06. The van der Waals surface area contributed by atoms with Gasteiger partial charge in [0.1, 0.15) is 0 Å². The molecule has 0 atom stereocenters. The average molecular weight is 271 g/mol. The van der Waals surface area contributed by atoms with Crippen molar-refractivity contribution in [2.24, 2.45) is 5.73 Å². The van der Waals surface area contributed by atoms with E-state index in [0.29, 0.717) is 23.9 Å². The Morgan fingerprint density at radius 1 is 1.47 bits per heavy atom. The van der Waals surface area contributed by atoms with Crippen molar-refractivity contribution in [3.63, 3.8) is 0 Å². The smallest absolute Gasteiger partial charge is 0.209 e. The lowest BCUT2D eigenvalue weighted by molar-refractivity contribution is 0.557. The third kappa shape index (κ3) is 3.39. The molecule has 2 heterocycles. The van der Waals surface area contributed by atoms with Gasteiger partial charge >= 0.3 is 0 Å². The highest BCUT2D eigenvalue weighted by atomic mass is 35.5. The molecule has 2 aromatic rings. The Bertz CT molecular complexity index is 488. The summed E-state index contributed by atoms with van der Waals surface area (Å²) in [6, 6.07) is 3.57. The van der Waals surface area contributed by atoms with Crippen molar-refractivity contribution in [2.45, 2.75) is 17.5 Å². The lowest BCUT2D eigenvalue weighted by atomic mass is 10.4. The zero-order chi connectivity index (χ0) is 12.1. The molecule has 0 spiro atoms. The largest absolute Gasteiger partial charge is 0.329 e. The van der Waals surface area contributed by atoms with Gasteiger partial charge in [0.15, 0.2) is 0 Å². The maximum atomic E-state index is 5.88. The fourth-order valence-corrected chi connectivity index (χ4v) is 2.22. The summed E-state index contributed by atoms with van der Waals surface area (Å²) in [6.07, 6.45) is 1.68. The van der Waals surface area contributed by atoms with Crippen LogP contribution in [0.2, 0.25) is 5.02 Å². The van der Waals surface area contributed by atoms with Crippen molar-refractivity contribution >= 4 is 23.4 Å². The number of nitrogens with two attached hydrogens (primary N) is 1. The molecule has 0 amide bonds. The zero-order valence-corrected chi connectivity index (χ0v) is 10.5. The fraction of sp³-hybridized carbons (Fsp3) is 0.333. The number of nitrogens with zero attached hydrogens (tertiary/aromatic N) is 5. The second-order valence-corrected chi connectivity index (χ2v) is 4.61. The van der Waals surface area contributed by atoms with Gasteiger partial charge in [-0.05, 0) is 22.6 Å². The maximum absolute atomic E-state index is 5.88. The van der Waals surface area contributed by atoms with E-state index in [1.165, 1.54) is 11.8 Å². The third-order valence-corrected chi connectivity index (χ3v) is 3.19. The Balaban J connectivity index is 1.99. The van der Waals surface area contributed by atoms with Crippen molar-refractivity contribution in [3.05, 3.63) is 29.0 Å². The van der Waals surface area contributed by atoms with Crippen molar-refractivity contribution in [3.8, 4) is 0 Å². The summed E-state index contributed by atoms with van der Waals surface area (Å²) in [4.78, 5) is 4.21. The predicted molar refractivity (Wildman–Crippen MR) is 65.7 cm³/mol. The van der Waals surface area contributed by atoms with E-state index in [0.717, 1.165) is 10.9 Å². The minimum atomic E-state index is 0.508. The van der Waals surface area contributed by atoms with Crippen molar-refractivity contribution in [1.29, 1.82) is 0 Å². The van der Waals surface area contributed by atoms with Crippen LogP contribution in [0.3, 0.4) is 0 Å². The standard InChI is InChI=1S/C9H11ClN6S/c10-7-1-3-12-8(5-7)6-17-9-13-14-15-16(9)4-2-11/h1,3,5H,2,4,6,11H2. The predicted octanol–water partition coefficient (Wildman–Crippen LogP) is 0.972. The van der Waals surface area contributed by atoms with E-state index in [2.05, 4.69) is 20.5 Å². The van der Waals surface area contributed by atoms with Crippen LogP contribution in [0.5, 0.6) is 0 Å². The molecule has 90 valence electrons. The molecule has 2 N–H and O–H groups in total. The summed E-state index contributed by atoms with van der Waals surface area (Å²) in [5.41, 5.74) is 6.35. The van der Waals surface area contributed by atoms with Crippen LogP contribution in [0.1, 0.15) is 5.69 Å². The lowest BCUT2D eigenvalue weighted by Crippen LogP contribution is -2.12. The van der Waals surface area contributed by atoms with Gasteiger partial charge in [0.2, 0.25) is 5.16 Å². The minimum Gasteiger partial charge on any atom is -0.329 e. The minimum absolute atomic E-state index is 0.508. The first kappa shape index (κ1) is 12.3. The van der Waals surface area contributed by atoms with Crippen LogP contribution >= 0.6 is 23.4 Å².